The topological polar surface area (TPSA) is 64.8 Å². The van der Waals surface area contributed by atoms with Gasteiger partial charge in [0.2, 0.25) is 0 Å². The fraction of sp³-hybridized carbons (Fsp3) is 0.480. The van der Waals surface area contributed by atoms with E-state index < -0.39 is 0 Å². The van der Waals surface area contributed by atoms with E-state index >= 15 is 0 Å². The second-order valence-electron chi connectivity index (χ2n) is 8.47. The molecule has 4 rings (SSSR count). The standard InChI is InChI=1S/C25H32N2O3/c26-23-15-16-27(25(28)30-17-19-7-3-1-4-8-19)24(23)18-29-22-13-11-21(12-14-22)20-9-5-2-6-10-20/h1-10,21-24H,11-18,26H2/t21-,22+,23-,24-/m0/s1. The van der Waals surface area contributed by atoms with Crippen LogP contribution in [0.15, 0.2) is 60.7 Å². The van der Waals surface area contributed by atoms with Crippen LogP contribution in [0.3, 0.4) is 0 Å². The Labute approximate surface area is 179 Å². The maximum atomic E-state index is 12.6. The maximum Gasteiger partial charge on any atom is 0.410 e. The third-order valence-electron chi connectivity index (χ3n) is 6.49. The number of rotatable bonds is 6. The molecule has 0 aromatic heterocycles. The van der Waals surface area contributed by atoms with Crippen molar-refractivity contribution in [3.05, 3.63) is 71.8 Å². The van der Waals surface area contributed by atoms with Gasteiger partial charge in [0.15, 0.2) is 0 Å². The lowest BCUT2D eigenvalue weighted by atomic mass is 9.83. The van der Waals surface area contributed by atoms with E-state index in [1.54, 1.807) is 4.90 Å². The molecule has 1 aliphatic carbocycles. The Kier molecular flexibility index (Phi) is 7.03. The number of nitrogens with zero attached hydrogens (tertiary/aromatic N) is 1. The molecule has 1 aliphatic heterocycles. The molecule has 5 nitrogen and oxygen atoms in total. The van der Waals surface area contributed by atoms with Gasteiger partial charge in [-0.25, -0.2) is 4.79 Å². The Morgan fingerprint density at radius 2 is 1.60 bits per heavy atom. The quantitative estimate of drug-likeness (QED) is 0.766. The van der Waals surface area contributed by atoms with Crippen molar-refractivity contribution in [1.82, 2.24) is 4.90 Å². The van der Waals surface area contributed by atoms with Gasteiger partial charge in [0.1, 0.15) is 6.61 Å². The fourth-order valence-electron chi connectivity index (χ4n) is 4.64. The third-order valence-corrected chi connectivity index (χ3v) is 6.49. The molecule has 2 fully saturated rings. The highest BCUT2D eigenvalue weighted by atomic mass is 16.6. The van der Waals surface area contributed by atoms with E-state index in [0.29, 0.717) is 19.1 Å². The zero-order valence-corrected chi connectivity index (χ0v) is 17.5. The SMILES string of the molecule is N[C@H]1CCN(C(=O)OCc2ccccc2)[C@H]1CO[C@H]1CC[C@@H](c2ccccc2)CC1. The van der Waals surface area contributed by atoms with E-state index in [1.165, 1.54) is 5.56 Å². The first-order valence-electron chi connectivity index (χ1n) is 11.1. The van der Waals surface area contributed by atoms with E-state index in [1.807, 2.05) is 30.3 Å². The van der Waals surface area contributed by atoms with Gasteiger partial charge < -0.3 is 20.1 Å². The van der Waals surface area contributed by atoms with Crippen LogP contribution in [0.1, 0.15) is 49.1 Å². The van der Waals surface area contributed by atoms with Crippen LogP contribution >= 0.6 is 0 Å². The van der Waals surface area contributed by atoms with Gasteiger partial charge in [0.05, 0.1) is 18.8 Å². The number of carbonyl (C=O) groups is 1. The van der Waals surface area contributed by atoms with Crippen LogP contribution < -0.4 is 5.73 Å². The van der Waals surface area contributed by atoms with Crippen molar-refractivity contribution in [1.29, 1.82) is 0 Å². The molecule has 160 valence electrons. The highest BCUT2D eigenvalue weighted by molar-refractivity contribution is 5.68. The summed E-state index contributed by atoms with van der Waals surface area (Å²) in [5.41, 5.74) is 8.71. The lowest BCUT2D eigenvalue weighted by Crippen LogP contribution is -2.46. The van der Waals surface area contributed by atoms with E-state index in [0.717, 1.165) is 37.7 Å². The molecule has 1 amide bonds. The van der Waals surface area contributed by atoms with Gasteiger partial charge in [-0.1, -0.05) is 60.7 Å². The molecule has 2 N–H and O–H groups in total. The molecule has 5 heteroatoms. The van der Waals surface area contributed by atoms with Crippen LogP contribution in [0, 0.1) is 0 Å². The Balaban J connectivity index is 1.24. The Hall–Kier alpha value is -2.37. The van der Waals surface area contributed by atoms with Crippen LogP contribution in [0.5, 0.6) is 0 Å². The summed E-state index contributed by atoms with van der Waals surface area (Å²) in [4.78, 5) is 14.4. The van der Waals surface area contributed by atoms with Crippen LogP contribution in [0.2, 0.25) is 0 Å². The molecule has 2 aromatic rings. The number of benzene rings is 2. The van der Waals surface area contributed by atoms with E-state index in [2.05, 4.69) is 30.3 Å². The van der Waals surface area contributed by atoms with E-state index in [-0.39, 0.29) is 30.9 Å². The van der Waals surface area contributed by atoms with E-state index in [4.69, 9.17) is 15.2 Å². The molecule has 0 spiro atoms. The second-order valence-corrected chi connectivity index (χ2v) is 8.47. The fourth-order valence-corrected chi connectivity index (χ4v) is 4.64. The van der Waals surface area contributed by atoms with Crippen molar-refractivity contribution in [2.24, 2.45) is 5.73 Å². The van der Waals surface area contributed by atoms with Crippen LogP contribution in [-0.2, 0) is 16.1 Å². The van der Waals surface area contributed by atoms with Crippen molar-refractivity contribution in [2.45, 2.75) is 62.8 Å². The number of amides is 1. The molecule has 1 saturated carbocycles. The number of nitrogens with two attached hydrogens (primary N) is 1. The molecule has 2 aromatic carbocycles. The number of hydrogen-bond acceptors (Lipinski definition) is 4. The number of likely N-dealkylation sites (tertiary alicyclic amines) is 1. The van der Waals surface area contributed by atoms with Gasteiger partial charge in [-0.15, -0.1) is 0 Å². The molecule has 2 atom stereocenters. The maximum absolute atomic E-state index is 12.6. The third kappa shape index (κ3) is 5.21. The van der Waals surface area contributed by atoms with Gasteiger partial charge in [-0.05, 0) is 49.1 Å². The summed E-state index contributed by atoms with van der Waals surface area (Å²) < 4.78 is 11.8. The summed E-state index contributed by atoms with van der Waals surface area (Å²) in [5, 5.41) is 0. The van der Waals surface area contributed by atoms with Crippen LogP contribution in [0.4, 0.5) is 4.79 Å². The molecule has 0 unspecified atom stereocenters. The molecule has 1 heterocycles. The predicted molar refractivity (Wildman–Crippen MR) is 117 cm³/mol. The highest BCUT2D eigenvalue weighted by Gasteiger charge is 2.37. The largest absolute Gasteiger partial charge is 0.445 e. The highest BCUT2D eigenvalue weighted by Crippen LogP contribution is 2.34. The normalized spacial score (nSPS) is 26.5. The summed E-state index contributed by atoms with van der Waals surface area (Å²) in [5.74, 6) is 0.629. The first kappa shape index (κ1) is 20.9. The zero-order valence-electron chi connectivity index (χ0n) is 17.5. The summed E-state index contributed by atoms with van der Waals surface area (Å²) in [6, 6.07) is 20.3. The summed E-state index contributed by atoms with van der Waals surface area (Å²) >= 11 is 0. The molecule has 0 radical (unpaired) electrons. The van der Waals surface area contributed by atoms with Gasteiger partial charge in [-0.2, -0.15) is 0 Å². The first-order valence-corrected chi connectivity index (χ1v) is 11.1. The second kappa shape index (κ2) is 10.1. The van der Waals surface area contributed by atoms with Crippen LogP contribution in [0.25, 0.3) is 0 Å². The Morgan fingerprint density at radius 1 is 0.933 bits per heavy atom. The van der Waals surface area contributed by atoms with Gasteiger partial charge >= 0.3 is 6.09 Å². The molecule has 1 saturated heterocycles. The van der Waals surface area contributed by atoms with Gasteiger partial charge in [0.25, 0.3) is 0 Å². The number of carbonyl (C=O) groups excluding carboxylic acids is 1. The first-order chi connectivity index (χ1) is 14.7. The Bertz CT molecular complexity index is 791. The average Bonchev–Trinajstić information content (AvgIpc) is 3.18. The molecular weight excluding hydrogens is 376 g/mol. The summed E-state index contributed by atoms with van der Waals surface area (Å²) in [6.07, 6.45) is 5.14. The monoisotopic (exact) mass is 408 g/mol. The Morgan fingerprint density at radius 3 is 2.30 bits per heavy atom. The van der Waals surface area contributed by atoms with Crippen molar-refractivity contribution in [2.75, 3.05) is 13.2 Å². The average molecular weight is 409 g/mol. The minimum Gasteiger partial charge on any atom is -0.445 e. The minimum absolute atomic E-state index is 0.0602. The summed E-state index contributed by atoms with van der Waals surface area (Å²) in [6.45, 7) is 1.40. The van der Waals surface area contributed by atoms with Crippen LogP contribution in [-0.4, -0.2) is 42.3 Å². The zero-order chi connectivity index (χ0) is 20.8. The van der Waals surface area contributed by atoms with Gasteiger partial charge in [-0.3, -0.25) is 0 Å². The molecule has 0 bridgehead atoms. The molecule has 30 heavy (non-hydrogen) atoms. The van der Waals surface area contributed by atoms with E-state index in [9.17, 15) is 4.79 Å². The van der Waals surface area contributed by atoms with Crippen molar-refractivity contribution < 1.29 is 14.3 Å². The van der Waals surface area contributed by atoms with Gasteiger partial charge in [0, 0.05) is 12.6 Å². The predicted octanol–water partition coefficient (Wildman–Crippen LogP) is 4.47. The number of ether oxygens (including phenoxy) is 2. The minimum atomic E-state index is -0.298. The lowest BCUT2D eigenvalue weighted by Gasteiger charge is -2.32. The van der Waals surface area contributed by atoms with Crippen molar-refractivity contribution >= 4 is 6.09 Å². The lowest BCUT2D eigenvalue weighted by molar-refractivity contribution is -0.00675. The number of hydrogen-bond donors (Lipinski definition) is 1. The smallest absolute Gasteiger partial charge is 0.410 e. The summed E-state index contributed by atoms with van der Waals surface area (Å²) in [7, 11) is 0. The van der Waals surface area contributed by atoms with Crippen molar-refractivity contribution in [3.8, 4) is 0 Å². The molecule has 2 aliphatic rings. The van der Waals surface area contributed by atoms with Crippen molar-refractivity contribution in [3.63, 3.8) is 0 Å². The molecular formula is C25H32N2O3.